The highest BCUT2D eigenvalue weighted by Gasteiger charge is 2.24. The third-order valence-electron chi connectivity index (χ3n) is 1.30. The van der Waals surface area contributed by atoms with Gasteiger partial charge in [-0.1, -0.05) is 0 Å². The Kier molecular flexibility index (Phi) is 4.89. The number of hydrogen-bond donors (Lipinski definition) is 2. The molecular formula is C6H17NO2Si. The normalized spacial score (nSPS) is 16.8. The number of hydrogen-bond acceptors (Lipinski definition) is 3. The maximum absolute atomic E-state index is 9.51. The SMILES string of the molecule is CCO[Si](C)(O)CCCN. The molecule has 0 fully saturated rings. The van der Waals surface area contributed by atoms with Crippen LogP contribution in [0, 0.1) is 0 Å². The molecule has 3 nitrogen and oxygen atoms in total. The van der Waals surface area contributed by atoms with Crippen LogP contribution in [0.15, 0.2) is 0 Å². The van der Waals surface area contributed by atoms with Crippen molar-refractivity contribution in [3.05, 3.63) is 0 Å². The molecule has 1 unspecified atom stereocenters. The lowest BCUT2D eigenvalue weighted by molar-refractivity contribution is 0.248. The third kappa shape index (κ3) is 4.93. The second-order valence-electron chi connectivity index (χ2n) is 2.50. The monoisotopic (exact) mass is 163 g/mol. The van der Waals surface area contributed by atoms with Crippen LogP contribution in [0.2, 0.25) is 12.6 Å². The van der Waals surface area contributed by atoms with Crippen LogP contribution < -0.4 is 5.73 Å². The summed E-state index contributed by atoms with van der Waals surface area (Å²) in [4.78, 5) is 9.51. The minimum Gasteiger partial charge on any atom is -0.411 e. The van der Waals surface area contributed by atoms with Gasteiger partial charge in [0.05, 0.1) is 0 Å². The van der Waals surface area contributed by atoms with E-state index in [9.17, 15) is 4.80 Å². The van der Waals surface area contributed by atoms with Gasteiger partial charge >= 0.3 is 8.56 Å². The maximum atomic E-state index is 9.51. The molecule has 0 aromatic rings. The molecule has 0 aliphatic rings. The van der Waals surface area contributed by atoms with Crippen LogP contribution in [0.5, 0.6) is 0 Å². The Morgan fingerprint density at radius 3 is 2.60 bits per heavy atom. The molecule has 0 saturated heterocycles. The van der Waals surface area contributed by atoms with Crippen LogP contribution in [0.4, 0.5) is 0 Å². The van der Waals surface area contributed by atoms with Crippen LogP contribution in [0.25, 0.3) is 0 Å². The zero-order valence-electron chi connectivity index (χ0n) is 6.76. The Balaban J connectivity index is 3.42. The lowest BCUT2D eigenvalue weighted by Gasteiger charge is -2.18. The highest BCUT2D eigenvalue weighted by molar-refractivity contribution is 6.64. The minimum atomic E-state index is -2.30. The molecule has 0 saturated carbocycles. The average Bonchev–Trinajstić information content (AvgIpc) is 1.84. The van der Waals surface area contributed by atoms with Gasteiger partial charge in [0.2, 0.25) is 0 Å². The van der Waals surface area contributed by atoms with Gasteiger partial charge in [-0.2, -0.15) is 0 Å². The van der Waals surface area contributed by atoms with Crippen molar-refractivity contribution >= 4 is 8.56 Å². The van der Waals surface area contributed by atoms with Crippen molar-refractivity contribution in [1.82, 2.24) is 0 Å². The summed E-state index contributed by atoms with van der Waals surface area (Å²) in [6, 6.07) is 0.747. The summed E-state index contributed by atoms with van der Waals surface area (Å²) in [7, 11) is -2.30. The van der Waals surface area contributed by atoms with Gasteiger partial charge in [0.1, 0.15) is 0 Å². The summed E-state index contributed by atoms with van der Waals surface area (Å²) in [5.41, 5.74) is 5.29. The van der Waals surface area contributed by atoms with E-state index in [0.29, 0.717) is 13.2 Å². The van der Waals surface area contributed by atoms with Crippen molar-refractivity contribution in [2.24, 2.45) is 5.73 Å². The molecule has 0 heterocycles. The van der Waals surface area contributed by atoms with Crippen molar-refractivity contribution in [2.45, 2.75) is 25.9 Å². The van der Waals surface area contributed by atoms with Gasteiger partial charge in [-0.05, 0) is 32.5 Å². The van der Waals surface area contributed by atoms with Crippen molar-refractivity contribution in [2.75, 3.05) is 13.2 Å². The molecule has 62 valence electrons. The predicted octanol–water partition coefficient (Wildman–Crippen LogP) is 0.436. The first-order chi connectivity index (χ1) is 4.62. The Morgan fingerprint density at radius 1 is 1.60 bits per heavy atom. The molecule has 0 aromatic carbocycles. The fourth-order valence-corrected chi connectivity index (χ4v) is 2.44. The lowest BCUT2D eigenvalue weighted by Crippen LogP contribution is -2.34. The summed E-state index contributed by atoms with van der Waals surface area (Å²) in [6.07, 6.45) is 0.860. The van der Waals surface area contributed by atoms with E-state index in [1.807, 2.05) is 6.92 Å². The van der Waals surface area contributed by atoms with E-state index in [2.05, 4.69) is 0 Å². The molecule has 4 heteroatoms. The van der Waals surface area contributed by atoms with Crippen molar-refractivity contribution in [3.63, 3.8) is 0 Å². The quantitative estimate of drug-likeness (QED) is 0.578. The second kappa shape index (κ2) is 4.84. The van der Waals surface area contributed by atoms with E-state index in [0.717, 1.165) is 12.5 Å². The lowest BCUT2D eigenvalue weighted by atomic mass is 10.5. The molecule has 0 bridgehead atoms. The zero-order chi connectivity index (χ0) is 8.04. The number of nitrogens with two attached hydrogens (primary N) is 1. The highest BCUT2D eigenvalue weighted by Crippen LogP contribution is 2.08. The van der Waals surface area contributed by atoms with E-state index >= 15 is 0 Å². The van der Waals surface area contributed by atoms with Gasteiger partial charge in [0.15, 0.2) is 0 Å². The van der Waals surface area contributed by atoms with E-state index in [1.54, 1.807) is 6.55 Å². The fourth-order valence-electron chi connectivity index (χ4n) is 0.813. The summed E-state index contributed by atoms with van der Waals surface area (Å²) >= 11 is 0. The summed E-state index contributed by atoms with van der Waals surface area (Å²) < 4.78 is 5.17. The van der Waals surface area contributed by atoms with Crippen molar-refractivity contribution in [1.29, 1.82) is 0 Å². The Bertz CT molecular complexity index is 87.8. The van der Waals surface area contributed by atoms with E-state index in [4.69, 9.17) is 10.2 Å². The molecular weight excluding hydrogens is 146 g/mol. The van der Waals surface area contributed by atoms with Gasteiger partial charge in [-0.25, -0.2) is 0 Å². The number of rotatable bonds is 5. The van der Waals surface area contributed by atoms with Crippen LogP contribution >= 0.6 is 0 Å². The Morgan fingerprint density at radius 2 is 2.20 bits per heavy atom. The smallest absolute Gasteiger partial charge is 0.332 e. The minimum absolute atomic E-state index is 0.601. The van der Waals surface area contributed by atoms with Gasteiger partial charge in [-0.3, -0.25) is 0 Å². The largest absolute Gasteiger partial charge is 0.411 e. The molecule has 10 heavy (non-hydrogen) atoms. The summed E-state index contributed by atoms with van der Waals surface area (Å²) in [5, 5.41) is 0. The van der Waals surface area contributed by atoms with Gasteiger partial charge in [0.25, 0.3) is 0 Å². The highest BCUT2D eigenvalue weighted by atomic mass is 28.4. The second-order valence-corrected chi connectivity index (χ2v) is 5.64. The van der Waals surface area contributed by atoms with E-state index < -0.39 is 8.56 Å². The maximum Gasteiger partial charge on any atom is 0.332 e. The van der Waals surface area contributed by atoms with Gasteiger partial charge in [0, 0.05) is 6.61 Å². The van der Waals surface area contributed by atoms with Gasteiger partial charge < -0.3 is 15.0 Å². The first-order valence-corrected chi connectivity index (χ1v) is 6.25. The van der Waals surface area contributed by atoms with Crippen LogP contribution in [0.3, 0.4) is 0 Å². The molecule has 0 aliphatic carbocycles. The molecule has 0 amide bonds. The van der Waals surface area contributed by atoms with Gasteiger partial charge in [-0.15, -0.1) is 0 Å². The Labute approximate surface area is 63.4 Å². The average molecular weight is 163 g/mol. The van der Waals surface area contributed by atoms with Crippen molar-refractivity contribution < 1.29 is 9.22 Å². The molecule has 0 spiro atoms. The molecule has 0 aromatic heterocycles. The molecule has 3 N–H and O–H groups in total. The van der Waals surface area contributed by atoms with Crippen molar-refractivity contribution in [3.8, 4) is 0 Å². The summed E-state index contributed by atoms with van der Waals surface area (Å²) in [5.74, 6) is 0. The zero-order valence-corrected chi connectivity index (χ0v) is 7.76. The third-order valence-corrected chi connectivity index (χ3v) is 3.49. The topological polar surface area (TPSA) is 55.5 Å². The van der Waals surface area contributed by atoms with Crippen LogP contribution in [0.1, 0.15) is 13.3 Å². The first-order valence-electron chi connectivity index (χ1n) is 3.69. The molecule has 0 rings (SSSR count). The molecule has 1 atom stereocenters. The van der Waals surface area contributed by atoms with E-state index in [1.165, 1.54) is 0 Å². The standard InChI is InChI=1S/C6H17NO2Si/c1-3-9-10(2,8)6-4-5-7/h8H,3-7H2,1-2H3. The summed E-state index contributed by atoms with van der Waals surface area (Å²) in [6.45, 7) is 4.93. The Hall–Kier alpha value is 0.0969. The first kappa shape index (κ1) is 10.1. The predicted molar refractivity (Wildman–Crippen MR) is 43.9 cm³/mol. The fraction of sp³-hybridized carbons (Fsp3) is 1.00. The van der Waals surface area contributed by atoms with E-state index in [-0.39, 0.29) is 0 Å². The van der Waals surface area contributed by atoms with Crippen LogP contribution in [-0.2, 0) is 4.43 Å². The molecule has 0 radical (unpaired) electrons. The molecule has 0 aliphatic heterocycles. The van der Waals surface area contributed by atoms with Crippen LogP contribution in [-0.4, -0.2) is 26.5 Å².